The number of ether oxygens (including phenoxy) is 1. The number of likely N-dealkylation sites (tertiary alicyclic amines) is 1. The normalized spacial score (nSPS) is 24.0. The molecule has 2 saturated heterocycles. The van der Waals surface area contributed by atoms with E-state index in [2.05, 4.69) is 28.7 Å². The molecule has 5 rings (SSSR count). The summed E-state index contributed by atoms with van der Waals surface area (Å²) in [5.74, 6) is -0.755. The molecule has 1 amide bonds. The van der Waals surface area contributed by atoms with Gasteiger partial charge in [0, 0.05) is 25.6 Å². The molecule has 0 aromatic carbocycles. The number of anilines is 2. The molecule has 1 spiro atoms. The number of hydrogen-bond donors (Lipinski definition) is 1. The average Bonchev–Trinajstić information content (AvgIpc) is 3.16. The predicted molar refractivity (Wildman–Crippen MR) is 134 cm³/mol. The van der Waals surface area contributed by atoms with Crippen molar-refractivity contribution in [2.75, 3.05) is 29.4 Å². The van der Waals surface area contributed by atoms with E-state index in [1.54, 1.807) is 12.1 Å². The van der Waals surface area contributed by atoms with Crippen molar-refractivity contribution in [1.29, 1.82) is 10.5 Å². The fourth-order valence-corrected chi connectivity index (χ4v) is 5.77. The second-order valence-electron chi connectivity index (χ2n) is 9.48. The Kier molecular flexibility index (Phi) is 6.86. The van der Waals surface area contributed by atoms with Crippen LogP contribution in [0, 0.1) is 22.7 Å². The van der Waals surface area contributed by atoms with Crippen molar-refractivity contribution < 1.29 is 27.5 Å². The number of halogens is 3. The molecular weight excluding hydrogens is 535 g/mol. The van der Waals surface area contributed by atoms with E-state index in [9.17, 15) is 22.8 Å². The fraction of sp³-hybridized carbons (Fsp3) is 0.440. The van der Waals surface area contributed by atoms with Crippen LogP contribution in [0.2, 0.25) is 0 Å². The van der Waals surface area contributed by atoms with Gasteiger partial charge >= 0.3 is 6.18 Å². The van der Waals surface area contributed by atoms with Gasteiger partial charge in [0.25, 0.3) is 5.91 Å². The number of nitriles is 2. The van der Waals surface area contributed by atoms with Gasteiger partial charge in [-0.05, 0) is 31.4 Å². The van der Waals surface area contributed by atoms with E-state index < -0.39 is 34.4 Å². The maximum atomic E-state index is 13.6. The van der Waals surface area contributed by atoms with Crippen LogP contribution < -0.4 is 14.5 Å². The summed E-state index contributed by atoms with van der Waals surface area (Å²) in [6.07, 6.45) is -0.768. The molecule has 2 aromatic heterocycles. The Balaban J connectivity index is 1.41. The van der Waals surface area contributed by atoms with Gasteiger partial charge < -0.3 is 9.64 Å². The molecule has 1 saturated carbocycles. The van der Waals surface area contributed by atoms with Gasteiger partial charge in [-0.3, -0.25) is 19.4 Å². The predicted octanol–water partition coefficient (Wildman–Crippen LogP) is 2.90. The van der Waals surface area contributed by atoms with Crippen molar-refractivity contribution in [3.63, 3.8) is 0 Å². The summed E-state index contributed by atoms with van der Waals surface area (Å²) in [4.78, 5) is 38.9. The number of carbonyl (C=O) groups is 2. The van der Waals surface area contributed by atoms with Gasteiger partial charge in [-0.2, -0.15) is 23.7 Å². The van der Waals surface area contributed by atoms with E-state index in [0.29, 0.717) is 24.2 Å². The summed E-state index contributed by atoms with van der Waals surface area (Å²) >= 11 is 4.54. The largest absolute Gasteiger partial charge is 0.474 e. The van der Waals surface area contributed by atoms with E-state index >= 15 is 0 Å². The number of aromatic nitrogens is 2. The highest BCUT2D eigenvalue weighted by Crippen LogP contribution is 2.48. The summed E-state index contributed by atoms with van der Waals surface area (Å²) in [6.45, 7) is 1.83. The van der Waals surface area contributed by atoms with E-state index in [-0.39, 0.29) is 30.4 Å². The Hall–Kier alpha value is -3.88. The second-order valence-corrected chi connectivity index (χ2v) is 9.94. The summed E-state index contributed by atoms with van der Waals surface area (Å²) in [6, 6.07) is 7.44. The third kappa shape index (κ3) is 4.53. The first-order valence-corrected chi connectivity index (χ1v) is 12.7. The quantitative estimate of drug-likeness (QED) is 0.335. The van der Waals surface area contributed by atoms with Crippen LogP contribution >= 0.6 is 12.6 Å². The lowest BCUT2D eigenvalue weighted by Gasteiger charge is -2.42. The number of carbonyl (C=O) groups excluding carboxylic acids is 2. The zero-order chi connectivity index (χ0) is 27.9. The fourth-order valence-electron chi connectivity index (χ4n) is 5.20. The average molecular weight is 558 g/mol. The third-order valence-electron chi connectivity index (χ3n) is 7.30. The number of alkyl halides is 3. The van der Waals surface area contributed by atoms with Crippen LogP contribution in [0.15, 0.2) is 30.6 Å². The van der Waals surface area contributed by atoms with Crippen LogP contribution in [0.3, 0.4) is 0 Å². The maximum absolute atomic E-state index is 13.6. The summed E-state index contributed by atoms with van der Waals surface area (Å²) in [7, 11) is 0. The van der Waals surface area contributed by atoms with Gasteiger partial charge in [0.05, 0.1) is 41.9 Å². The standard InChI is InChI=1S/C25H22F3N7O3S/c26-25(27,28)18-11-16(14-31-19(18)12-30)34-22(37)24(6-3-20(24)36)35(23(34)39)15-1-2-21(32-13-15)38-17-4-8-33(9-5-17)10-7-29/h1-2,11,13-14,17,23,39H,3-6,8-10H2. The van der Waals surface area contributed by atoms with Crippen molar-refractivity contribution in [3.05, 3.63) is 41.9 Å². The number of ketones is 1. The smallest absolute Gasteiger partial charge is 0.419 e. The minimum absolute atomic E-state index is 0.0777. The summed E-state index contributed by atoms with van der Waals surface area (Å²) in [5.41, 5.74) is -4.75. The van der Waals surface area contributed by atoms with Crippen molar-refractivity contribution >= 4 is 35.7 Å². The van der Waals surface area contributed by atoms with Gasteiger partial charge in [-0.15, -0.1) is 12.6 Å². The number of rotatable bonds is 5. The molecule has 39 heavy (non-hydrogen) atoms. The monoisotopic (exact) mass is 557 g/mol. The van der Waals surface area contributed by atoms with Crippen molar-refractivity contribution in [1.82, 2.24) is 14.9 Å². The van der Waals surface area contributed by atoms with E-state index in [1.165, 1.54) is 17.2 Å². The number of amides is 1. The lowest BCUT2D eigenvalue weighted by atomic mass is 9.74. The van der Waals surface area contributed by atoms with Crippen molar-refractivity contribution in [3.8, 4) is 18.0 Å². The van der Waals surface area contributed by atoms with E-state index in [4.69, 9.17) is 15.3 Å². The van der Waals surface area contributed by atoms with Crippen LogP contribution in [0.25, 0.3) is 0 Å². The SMILES string of the molecule is N#CCN1CCC(Oc2ccc(N3C(S)N(c4cnc(C#N)c(C(F)(F)F)c4)C(=O)C34CCC4=O)cn2)CC1. The first kappa shape index (κ1) is 26.7. The molecule has 3 aliphatic rings. The number of nitrogens with zero attached hydrogens (tertiary/aromatic N) is 7. The summed E-state index contributed by atoms with van der Waals surface area (Å²) < 4.78 is 46.7. The van der Waals surface area contributed by atoms with E-state index in [0.717, 1.165) is 37.0 Å². The maximum Gasteiger partial charge on any atom is 0.419 e. The van der Waals surface area contributed by atoms with Gasteiger partial charge in [0.1, 0.15) is 12.2 Å². The molecule has 4 heterocycles. The van der Waals surface area contributed by atoms with Crippen LogP contribution in [0.1, 0.15) is 36.9 Å². The molecular formula is C25H22F3N7O3S. The van der Waals surface area contributed by atoms with Crippen LogP contribution in [0.4, 0.5) is 24.5 Å². The van der Waals surface area contributed by atoms with E-state index in [1.807, 2.05) is 4.90 Å². The zero-order valence-electron chi connectivity index (χ0n) is 20.4. The van der Waals surface area contributed by atoms with Gasteiger partial charge in [-0.1, -0.05) is 0 Å². The zero-order valence-corrected chi connectivity index (χ0v) is 21.3. The minimum atomic E-state index is -4.88. The Morgan fingerprint density at radius 3 is 2.38 bits per heavy atom. The molecule has 0 N–H and O–H groups in total. The summed E-state index contributed by atoms with van der Waals surface area (Å²) in [5, 5.41) is 17.9. The Bertz CT molecular complexity index is 1380. The molecule has 0 bridgehead atoms. The third-order valence-corrected chi connectivity index (χ3v) is 7.76. The highest BCUT2D eigenvalue weighted by atomic mass is 32.1. The molecule has 3 fully saturated rings. The number of piperidine rings is 1. The molecule has 2 atom stereocenters. The Morgan fingerprint density at radius 1 is 1.13 bits per heavy atom. The lowest BCUT2D eigenvalue weighted by Crippen LogP contribution is -2.63. The van der Waals surface area contributed by atoms with Crippen LogP contribution in [0.5, 0.6) is 5.88 Å². The van der Waals surface area contributed by atoms with Gasteiger partial charge in [-0.25, -0.2) is 9.97 Å². The minimum Gasteiger partial charge on any atom is -0.474 e. The van der Waals surface area contributed by atoms with Gasteiger partial charge in [0.15, 0.2) is 22.5 Å². The highest BCUT2D eigenvalue weighted by molar-refractivity contribution is 7.81. The van der Waals surface area contributed by atoms with Gasteiger partial charge in [0.2, 0.25) is 5.88 Å². The molecule has 202 valence electrons. The topological polar surface area (TPSA) is 126 Å². The number of pyridine rings is 2. The second kappa shape index (κ2) is 10.0. The Labute approximate surface area is 227 Å². The van der Waals surface area contributed by atoms with Crippen molar-refractivity contribution in [2.45, 2.75) is 49.0 Å². The molecule has 0 radical (unpaired) electrons. The molecule has 2 aromatic rings. The van der Waals surface area contributed by atoms with Crippen LogP contribution in [-0.2, 0) is 15.8 Å². The number of hydrogen-bond acceptors (Lipinski definition) is 10. The molecule has 14 heteroatoms. The number of thiol groups is 1. The molecule has 1 aliphatic carbocycles. The first-order valence-electron chi connectivity index (χ1n) is 12.1. The first-order chi connectivity index (χ1) is 18.6. The molecule has 10 nitrogen and oxygen atoms in total. The highest BCUT2D eigenvalue weighted by Gasteiger charge is 2.66. The Morgan fingerprint density at radius 2 is 1.85 bits per heavy atom. The molecule has 2 unspecified atom stereocenters. The molecule has 2 aliphatic heterocycles. The number of Topliss-reactive ketones (excluding diaryl/α,β-unsaturated/α-hetero) is 1. The lowest BCUT2D eigenvalue weighted by molar-refractivity contribution is -0.140. The van der Waals surface area contributed by atoms with Crippen molar-refractivity contribution in [2.24, 2.45) is 0 Å². The van der Waals surface area contributed by atoms with Crippen LogP contribution in [-0.4, -0.2) is 63.3 Å².